The monoisotopic (exact) mass is 545 g/mol. The predicted octanol–water partition coefficient (Wildman–Crippen LogP) is 4.46. The third-order valence-corrected chi connectivity index (χ3v) is 9.41. The van der Waals surface area contributed by atoms with Gasteiger partial charge in [-0.3, -0.25) is 14.4 Å². The Labute approximate surface area is 233 Å². The van der Waals surface area contributed by atoms with Crippen molar-refractivity contribution >= 4 is 35.2 Å². The zero-order valence-corrected chi connectivity index (χ0v) is 23.2. The topological polar surface area (TPSA) is 87.7 Å². The third kappa shape index (κ3) is 4.67. The quantitative estimate of drug-likeness (QED) is 0.396. The van der Waals surface area contributed by atoms with Gasteiger partial charge < -0.3 is 20.3 Å². The molecule has 3 heterocycles. The summed E-state index contributed by atoms with van der Waals surface area (Å²) in [6, 6.07) is 14.9. The number of ether oxygens (including phenoxy) is 1. The number of anilines is 1. The summed E-state index contributed by atoms with van der Waals surface area (Å²) in [6.07, 6.45) is 10.4. The number of amides is 3. The molecule has 39 heavy (non-hydrogen) atoms. The Morgan fingerprint density at radius 2 is 1.85 bits per heavy atom. The fourth-order valence-corrected chi connectivity index (χ4v) is 7.24. The van der Waals surface area contributed by atoms with E-state index in [-0.39, 0.29) is 30.3 Å². The van der Waals surface area contributed by atoms with Gasteiger partial charge in [0.1, 0.15) is 11.6 Å². The van der Waals surface area contributed by atoms with Crippen LogP contribution in [0, 0.1) is 18.8 Å². The molecule has 0 aromatic heterocycles. The first-order valence-corrected chi connectivity index (χ1v) is 15.1. The second kappa shape index (κ2) is 10.5. The van der Waals surface area contributed by atoms with Crippen LogP contribution in [0.25, 0.3) is 0 Å². The molecular weight excluding hydrogens is 510 g/mol. The number of carbonyl (C=O) groups is 3. The van der Waals surface area contributed by atoms with Crippen LogP contribution in [0.5, 0.6) is 0 Å². The maximum Gasteiger partial charge on any atom is 0.246 e. The van der Waals surface area contributed by atoms with Crippen LogP contribution < -0.4 is 10.6 Å². The smallest absolute Gasteiger partial charge is 0.246 e. The maximum absolute atomic E-state index is 14.2. The molecular formula is C31H35N3O4S. The molecule has 4 aliphatic rings. The van der Waals surface area contributed by atoms with Crippen molar-refractivity contribution in [2.24, 2.45) is 11.8 Å². The normalized spacial score (nSPS) is 29.5. The summed E-state index contributed by atoms with van der Waals surface area (Å²) < 4.78 is 6.48. The van der Waals surface area contributed by atoms with Crippen molar-refractivity contribution in [3.63, 3.8) is 0 Å². The van der Waals surface area contributed by atoms with Crippen LogP contribution in [0.2, 0.25) is 0 Å². The van der Waals surface area contributed by atoms with Crippen molar-refractivity contribution in [2.45, 2.75) is 74.3 Å². The molecule has 2 bridgehead atoms. The van der Waals surface area contributed by atoms with Gasteiger partial charge >= 0.3 is 0 Å². The fourth-order valence-electron chi connectivity index (χ4n) is 6.78. The van der Waals surface area contributed by atoms with Crippen LogP contribution in [0.1, 0.15) is 43.2 Å². The second-order valence-electron chi connectivity index (χ2n) is 11.2. The molecule has 7 nitrogen and oxygen atoms in total. The maximum atomic E-state index is 14.2. The van der Waals surface area contributed by atoms with E-state index in [4.69, 9.17) is 4.74 Å². The van der Waals surface area contributed by atoms with Gasteiger partial charge in [0, 0.05) is 23.2 Å². The number of nitrogens with one attached hydrogen (secondary N) is 2. The Hall–Kier alpha value is -3.10. The van der Waals surface area contributed by atoms with Crippen molar-refractivity contribution < 1.29 is 19.1 Å². The lowest BCUT2D eigenvalue weighted by atomic mass is 9.74. The van der Waals surface area contributed by atoms with Gasteiger partial charge in [0.25, 0.3) is 0 Å². The standard InChI is InChI=1S/C31H35N3O4S/c1-19-11-13-20(14-12-19)18-34-27(29(36)32-21-7-4-3-5-8-21)31-16-15-24(38-31)25(26(31)30(34)37)28(35)33-22-9-6-10-23(17-22)39-2/h6,9-17,21,24-27H,3-5,7-8,18H2,1-2H3,(H,32,36)(H,33,35). The molecule has 2 N–H and O–H groups in total. The van der Waals surface area contributed by atoms with Crippen LogP contribution in [-0.4, -0.2) is 52.7 Å². The van der Waals surface area contributed by atoms with Gasteiger partial charge in [0.2, 0.25) is 17.7 Å². The van der Waals surface area contributed by atoms with Gasteiger partial charge in [0.15, 0.2) is 0 Å². The molecule has 2 aromatic rings. The van der Waals surface area contributed by atoms with Crippen LogP contribution in [0.15, 0.2) is 65.6 Å². The number of likely N-dealkylation sites (tertiary alicyclic amines) is 1. The van der Waals surface area contributed by atoms with Gasteiger partial charge in [-0.2, -0.15) is 0 Å². The molecule has 1 aliphatic carbocycles. The molecule has 0 radical (unpaired) electrons. The molecule has 1 spiro atoms. The Morgan fingerprint density at radius 3 is 2.59 bits per heavy atom. The number of benzene rings is 2. The minimum absolute atomic E-state index is 0.100. The van der Waals surface area contributed by atoms with Crippen LogP contribution in [-0.2, 0) is 25.7 Å². The molecule has 2 aromatic carbocycles. The summed E-state index contributed by atoms with van der Waals surface area (Å²) >= 11 is 1.60. The number of aryl methyl sites for hydroxylation is 1. The van der Waals surface area contributed by atoms with E-state index < -0.39 is 29.6 Å². The zero-order valence-electron chi connectivity index (χ0n) is 22.4. The summed E-state index contributed by atoms with van der Waals surface area (Å²) in [7, 11) is 0. The van der Waals surface area contributed by atoms with Gasteiger partial charge in [-0.1, -0.05) is 67.3 Å². The summed E-state index contributed by atoms with van der Waals surface area (Å²) in [5, 5.41) is 6.26. The Balaban J connectivity index is 1.32. The largest absolute Gasteiger partial charge is 0.359 e. The van der Waals surface area contributed by atoms with Crippen molar-refractivity contribution in [3.05, 3.63) is 71.8 Å². The zero-order chi connectivity index (χ0) is 27.1. The first-order chi connectivity index (χ1) is 18.9. The third-order valence-electron chi connectivity index (χ3n) is 8.69. The van der Waals surface area contributed by atoms with E-state index in [2.05, 4.69) is 10.6 Å². The summed E-state index contributed by atoms with van der Waals surface area (Å²) in [5.74, 6) is -2.13. The van der Waals surface area contributed by atoms with Gasteiger partial charge in [-0.15, -0.1) is 11.8 Å². The highest BCUT2D eigenvalue weighted by Gasteiger charge is 2.72. The van der Waals surface area contributed by atoms with E-state index in [0.29, 0.717) is 5.69 Å². The second-order valence-corrected chi connectivity index (χ2v) is 12.1. The lowest BCUT2D eigenvalue weighted by Crippen LogP contribution is -2.56. The van der Waals surface area contributed by atoms with Crippen LogP contribution in [0.3, 0.4) is 0 Å². The Bertz CT molecular complexity index is 1310. The average molecular weight is 546 g/mol. The minimum Gasteiger partial charge on any atom is -0.359 e. The average Bonchev–Trinajstić information content (AvgIpc) is 3.58. The van der Waals surface area contributed by atoms with E-state index in [1.807, 2.05) is 73.9 Å². The highest BCUT2D eigenvalue weighted by atomic mass is 32.2. The number of carbonyl (C=O) groups excluding carboxylic acids is 3. The molecule has 2 saturated heterocycles. The van der Waals surface area contributed by atoms with Crippen LogP contribution in [0.4, 0.5) is 5.69 Å². The highest BCUT2D eigenvalue weighted by Crippen LogP contribution is 2.55. The lowest BCUT2D eigenvalue weighted by Gasteiger charge is -2.34. The summed E-state index contributed by atoms with van der Waals surface area (Å²) in [4.78, 5) is 44.5. The molecule has 5 unspecified atom stereocenters. The molecule has 3 aliphatic heterocycles. The Morgan fingerprint density at radius 1 is 1.08 bits per heavy atom. The van der Waals surface area contributed by atoms with E-state index in [9.17, 15) is 14.4 Å². The van der Waals surface area contributed by atoms with Gasteiger partial charge in [-0.05, 0) is 49.8 Å². The van der Waals surface area contributed by atoms with E-state index >= 15 is 0 Å². The molecule has 8 heteroatoms. The number of thioether (sulfide) groups is 1. The fraction of sp³-hybridized carbons (Fsp3) is 0.452. The van der Waals surface area contributed by atoms with E-state index in [1.165, 1.54) is 6.42 Å². The Kier molecular flexibility index (Phi) is 7.02. The van der Waals surface area contributed by atoms with Crippen LogP contribution >= 0.6 is 11.8 Å². The number of hydrogen-bond donors (Lipinski definition) is 2. The highest BCUT2D eigenvalue weighted by molar-refractivity contribution is 7.98. The number of rotatable bonds is 7. The first kappa shape index (κ1) is 26.1. The summed E-state index contributed by atoms with van der Waals surface area (Å²) in [6.45, 7) is 2.30. The van der Waals surface area contributed by atoms with E-state index in [0.717, 1.165) is 41.7 Å². The van der Waals surface area contributed by atoms with Gasteiger partial charge in [0.05, 0.1) is 17.9 Å². The number of nitrogens with zero attached hydrogens (tertiary/aromatic N) is 1. The summed E-state index contributed by atoms with van der Waals surface area (Å²) in [5.41, 5.74) is 1.59. The predicted molar refractivity (Wildman–Crippen MR) is 151 cm³/mol. The molecule has 3 fully saturated rings. The first-order valence-electron chi connectivity index (χ1n) is 13.9. The molecule has 204 valence electrons. The molecule has 5 atom stereocenters. The molecule has 3 amide bonds. The number of hydrogen-bond acceptors (Lipinski definition) is 5. The SMILES string of the molecule is CSc1cccc(NC(=O)C2C3C=CC4(O3)C2C(=O)N(Cc2ccc(C)cc2)C4C(=O)NC2CCCCC2)c1. The van der Waals surface area contributed by atoms with Crippen molar-refractivity contribution in [1.82, 2.24) is 10.2 Å². The van der Waals surface area contributed by atoms with Crippen molar-refractivity contribution in [3.8, 4) is 0 Å². The minimum atomic E-state index is -1.16. The van der Waals surface area contributed by atoms with Gasteiger partial charge in [-0.25, -0.2) is 0 Å². The van der Waals surface area contributed by atoms with Crippen molar-refractivity contribution in [1.29, 1.82) is 0 Å². The van der Waals surface area contributed by atoms with E-state index in [1.54, 1.807) is 16.7 Å². The number of fused-ring (bicyclic) bond motifs is 1. The van der Waals surface area contributed by atoms with Crippen molar-refractivity contribution in [2.75, 3.05) is 11.6 Å². The molecule has 6 rings (SSSR count). The molecule has 1 saturated carbocycles. The lowest BCUT2D eigenvalue weighted by molar-refractivity contribution is -0.142.